The van der Waals surface area contributed by atoms with Gasteiger partial charge in [0.15, 0.2) is 0 Å². The highest BCUT2D eigenvalue weighted by Gasteiger charge is 2.29. The fourth-order valence-electron chi connectivity index (χ4n) is 3.96. The lowest BCUT2D eigenvalue weighted by molar-refractivity contribution is -0.122. The number of halogens is 2. The van der Waals surface area contributed by atoms with E-state index in [0.29, 0.717) is 13.1 Å². The quantitative estimate of drug-likeness (QED) is 0.573. The van der Waals surface area contributed by atoms with Gasteiger partial charge in [-0.2, -0.15) is 4.31 Å². The molecule has 0 atom stereocenters. The Morgan fingerprint density at radius 1 is 0.879 bits per heavy atom. The van der Waals surface area contributed by atoms with Crippen molar-refractivity contribution in [2.24, 2.45) is 0 Å². The van der Waals surface area contributed by atoms with E-state index in [1.54, 1.807) is 18.2 Å². The summed E-state index contributed by atoms with van der Waals surface area (Å²) in [6.45, 7) is 1.62. The molecule has 1 amide bonds. The van der Waals surface area contributed by atoms with Gasteiger partial charge in [0.05, 0.1) is 11.4 Å². The Bertz CT molecular complexity index is 1240. The average molecular weight is 474 g/mol. The molecule has 3 aromatic rings. The molecule has 174 valence electrons. The molecule has 0 aromatic heterocycles. The van der Waals surface area contributed by atoms with Crippen LogP contribution in [-0.4, -0.2) is 62.8 Å². The average Bonchev–Trinajstić information content (AvgIpc) is 2.81. The number of hydrogen-bond donors (Lipinski definition) is 1. The third kappa shape index (κ3) is 5.38. The van der Waals surface area contributed by atoms with Gasteiger partial charge in [0, 0.05) is 38.3 Å². The van der Waals surface area contributed by atoms with Crippen LogP contribution in [-0.2, 0) is 21.2 Å². The second-order valence-electron chi connectivity index (χ2n) is 7.99. The molecule has 0 aliphatic carbocycles. The molecule has 1 fully saturated rings. The number of sulfonamides is 1. The highest BCUT2D eigenvalue weighted by molar-refractivity contribution is 7.89. The summed E-state index contributed by atoms with van der Waals surface area (Å²) >= 11 is 0. The molecule has 1 aliphatic rings. The fraction of sp³-hybridized carbons (Fsp3) is 0.292. The zero-order valence-corrected chi connectivity index (χ0v) is 18.8. The fourth-order valence-corrected chi connectivity index (χ4v) is 5.42. The SMILES string of the molecule is O=C(CN1CCN(S(=O)(=O)c2ccc3ccccc3c2)CC1)NCCc1c(F)cccc1F. The largest absolute Gasteiger partial charge is 0.355 e. The highest BCUT2D eigenvalue weighted by Crippen LogP contribution is 2.22. The third-order valence-corrected chi connectivity index (χ3v) is 7.71. The van der Waals surface area contributed by atoms with E-state index < -0.39 is 21.7 Å². The van der Waals surface area contributed by atoms with E-state index in [1.165, 1.54) is 22.5 Å². The van der Waals surface area contributed by atoms with E-state index in [2.05, 4.69) is 5.32 Å². The van der Waals surface area contributed by atoms with Crippen LogP contribution in [0, 0.1) is 11.6 Å². The molecule has 33 heavy (non-hydrogen) atoms. The van der Waals surface area contributed by atoms with E-state index in [1.807, 2.05) is 29.2 Å². The van der Waals surface area contributed by atoms with Crippen LogP contribution in [0.5, 0.6) is 0 Å². The summed E-state index contributed by atoms with van der Waals surface area (Å²) < 4.78 is 54.9. The van der Waals surface area contributed by atoms with Gasteiger partial charge in [-0.3, -0.25) is 9.69 Å². The molecular formula is C24H25F2N3O3S. The lowest BCUT2D eigenvalue weighted by Gasteiger charge is -2.33. The predicted molar refractivity (Wildman–Crippen MR) is 122 cm³/mol. The lowest BCUT2D eigenvalue weighted by Crippen LogP contribution is -2.51. The Kier molecular flexibility index (Phi) is 7.02. The number of fused-ring (bicyclic) bond motifs is 1. The third-order valence-electron chi connectivity index (χ3n) is 5.82. The number of nitrogens with one attached hydrogen (secondary N) is 1. The van der Waals surface area contributed by atoms with Crippen molar-refractivity contribution < 1.29 is 22.0 Å². The van der Waals surface area contributed by atoms with E-state index in [0.717, 1.165) is 10.8 Å². The molecule has 0 unspecified atom stereocenters. The summed E-state index contributed by atoms with van der Waals surface area (Å²) in [7, 11) is -3.62. The molecule has 1 aliphatic heterocycles. The van der Waals surface area contributed by atoms with Crippen molar-refractivity contribution in [1.82, 2.24) is 14.5 Å². The molecule has 3 aromatic carbocycles. The molecule has 1 saturated heterocycles. The van der Waals surface area contributed by atoms with Crippen molar-refractivity contribution in [3.8, 4) is 0 Å². The van der Waals surface area contributed by atoms with Crippen molar-refractivity contribution in [3.05, 3.63) is 77.9 Å². The molecule has 0 radical (unpaired) electrons. The summed E-state index contributed by atoms with van der Waals surface area (Å²) in [5.74, 6) is -1.53. The van der Waals surface area contributed by atoms with Crippen LogP contribution < -0.4 is 5.32 Å². The van der Waals surface area contributed by atoms with Crippen molar-refractivity contribution in [2.45, 2.75) is 11.3 Å². The van der Waals surface area contributed by atoms with E-state index in [-0.39, 0.29) is 49.0 Å². The standard InChI is InChI=1S/C24H25F2N3O3S/c25-22-6-3-7-23(26)21(22)10-11-27-24(30)17-28-12-14-29(15-13-28)33(31,32)20-9-8-18-4-1-2-5-19(18)16-20/h1-9,16H,10-15,17H2,(H,27,30). The van der Waals surface area contributed by atoms with Crippen LogP contribution in [0.1, 0.15) is 5.56 Å². The first kappa shape index (κ1) is 23.3. The molecule has 6 nitrogen and oxygen atoms in total. The van der Waals surface area contributed by atoms with E-state index in [9.17, 15) is 22.0 Å². The van der Waals surface area contributed by atoms with Crippen LogP contribution in [0.3, 0.4) is 0 Å². The molecule has 9 heteroatoms. The first-order valence-corrected chi connectivity index (χ1v) is 12.2. The smallest absolute Gasteiger partial charge is 0.243 e. The molecular weight excluding hydrogens is 448 g/mol. The first-order valence-electron chi connectivity index (χ1n) is 10.8. The van der Waals surface area contributed by atoms with Gasteiger partial charge in [-0.15, -0.1) is 0 Å². The van der Waals surface area contributed by atoms with E-state index >= 15 is 0 Å². The van der Waals surface area contributed by atoms with Gasteiger partial charge in [-0.25, -0.2) is 17.2 Å². The molecule has 0 bridgehead atoms. The van der Waals surface area contributed by atoms with Crippen LogP contribution in [0.25, 0.3) is 10.8 Å². The monoisotopic (exact) mass is 473 g/mol. The Morgan fingerprint density at radius 3 is 2.24 bits per heavy atom. The summed E-state index contributed by atoms with van der Waals surface area (Å²) in [5.41, 5.74) is -0.0506. The topological polar surface area (TPSA) is 69.7 Å². The second-order valence-corrected chi connectivity index (χ2v) is 9.93. The molecule has 1 N–H and O–H groups in total. The van der Waals surface area contributed by atoms with Gasteiger partial charge in [0.2, 0.25) is 15.9 Å². The first-order chi connectivity index (χ1) is 15.8. The number of carbonyl (C=O) groups is 1. The number of rotatable bonds is 7. The minimum atomic E-state index is -3.62. The second kappa shape index (κ2) is 9.94. The van der Waals surface area contributed by atoms with Gasteiger partial charge < -0.3 is 5.32 Å². The number of carbonyl (C=O) groups excluding carboxylic acids is 1. The number of hydrogen-bond acceptors (Lipinski definition) is 4. The van der Waals surface area contributed by atoms with Gasteiger partial charge in [0.25, 0.3) is 0 Å². The Hall–Kier alpha value is -2.88. The normalized spacial score (nSPS) is 15.6. The molecule has 4 rings (SSSR count). The van der Waals surface area contributed by atoms with Gasteiger partial charge in [-0.1, -0.05) is 36.4 Å². The summed E-state index contributed by atoms with van der Waals surface area (Å²) in [6, 6.07) is 16.4. The van der Waals surface area contributed by atoms with Crippen LogP contribution in [0.4, 0.5) is 8.78 Å². The van der Waals surface area contributed by atoms with Crippen molar-refractivity contribution >= 4 is 26.7 Å². The van der Waals surface area contributed by atoms with Crippen molar-refractivity contribution in [3.63, 3.8) is 0 Å². The van der Waals surface area contributed by atoms with Crippen molar-refractivity contribution in [2.75, 3.05) is 39.3 Å². The predicted octanol–water partition coefficient (Wildman–Crippen LogP) is 2.78. The van der Waals surface area contributed by atoms with Crippen LogP contribution >= 0.6 is 0 Å². The number of piperazine rings is 1. The maximum absolute atomic E-state index is 13.7. The summed E-state index contributed by atoms with van der Waals surface area (Å²) in [5, 5.41) is 4.51. The maximum atomic E-state index is 13.7. The van der Waals surface area contributed by atoms with Crippen molar-refractivity contribution in [1.29, 1.82) is 0 Å². The molecule has 1 heterocycles. The summed E-state index contributed by atoms with van der Waals surface area (Å²) in [6.07, 6.45) is 0.0576. The zero-order chi connectivity index (χ0) is 23.4. The van der Waals surface area contributed by atoms with Gasteiger partial charge in [0.1, 0.15) is 11.6 Å². The minimum absolute atomic E-state index is 0.0506. The highest BCUT2D eigenvalue weighted by atomic mass is 32.2. The Morgan fingerprint density at radius 2 is 1.55 bits per heavy atom. The summed E-state index contributed by atoms with van der Waals surface area (Å²) in [4.78, 5) is 14.3. The van der Waals surface area contributed by atoms with E-state index in [4.69, 9.17) is 0 Å². The van der Waals surface area contributed by atoms with Gasteiger partial charge in [-0.05, 0) is 41.5 Å². The Balaban J connectivity index is 1.28. The van der Waals surface area contributed by atoms with Crippen LogP contribution in [0.2, 0.25) is 0 Å². The number of nitrogens with zero attached hydrogens (tertiary/aromatic N) is 2. The number of benzene rings is 3. The number of amides is 1. The van der Waals surface area contributed by atoms with Gasteiger partial charge >= 0.3 is 0 Å². The molecule has 0 saturated carbocycles. The lowest BCUT2D eigenvalue weighted by atomic mass is 10.1. The molecule has 0 spiro atoms. The Labute approximate surface area is 191 Å². The maximum Gasteiger partial charge on any atom is 0.243 e. The van der Waals surface area contributed by atoms with Crippen LogP contribution in [0.15, 0.2) is 65.6 Å². The minimum Gasteiger partial charge on any atom is -0.355 e. The zero-order valence-electron chi connectivity index (χ0n) is 18.0.